The monoisotopic (exact) mass is 512 g/mol. The third-order valence-corrected chi connectivity index (χ3v) is 7.56. The van der Waals surface area contributed by atoms with Crippen LogP contribution in [0.4, 0.5) is 0 Å². The molecule has 40 heavy (non-hydrogen) atoms. The highest BCUT2D eigenvalue weighted by Crippen LogP contribution is 2.39. The minimum Gasteiger partial charge on any atom is -0.292 e. The molecule has 0 amide bonds. The Morgan fingerprint density at radius 1 is 0.475 bits per heavy atom. The van der Waals surface area contributed by atoms with Crippen molar-refractivity contribution in [3.05, 3.63) is 146 Å². The van der Waals surface area contributed by atoms with E-state index in [4.69, 9.17) is 10.1 Å². The van der Waals surface area contributed by atoms with E-state index in [2.05, 4.69) is 132 Å². The van der Waals surface area contributed by atoms with Gasteiger partial charge in [0.25, 0.3) is 0 Å². The fraction of sp³-hybridized carbons (Fsp3) is 0. The highest BCUT2D eigenvalue weighted by Gasteiger charge is 2.24. The van der Waals surface area contributed by atoms with Gasteiger partial charge in [0, 0.05) is 21.9 Å². The first-order chi connectivity index (χ1) is 19.9. The highest BCUT2D eigenvalue weighted by molar-refractivity contribution is 6.10. The first-order valence-electron chi connectivity index (χ1n) is 13.5. The van der Waals surface area contributed by atoms with Gasteiger partial charge in [0.05, 0.1) is 28.0 Å². The molecule has 0 aliphatic carbocycles. The standard InChI is InChI=1S/C36H24N4/c1-4-14-25(15-5-1)30-24-33(26-16-6-2-7-17-26)40-35(37-30)34(27-18-8-3-9-19-27)36(38-40)39-31-22-12-10-20-28(31)29-21-11-13-23-32(29)39/h1-24H. The van der Waals surface area contributed by atoms with Crippen LogP contribution in [-0.4, -0.2) is 19.2 Å². The molecule has 0 spiro atoms. The van der Waals surface area contributed by atoms with Crippen LogP contribution in [0.15, 0.2) is 146 Å². The zero-order valence-electron chi connectivity index (χ0n) is 21.6. The molecule has 0 saturated carbocycles. The van der Waals surface area contributed by atoms with Crippen molar-refractivity contribution in [1.82, 2.24) is 19.2 Å². The quantitative estimate of drug-likeness (QED) is 0.236. The first kappa shape index (κ1) is 22.5. The van der Waals surface area contributed by atoms with E-state index in [1.165, 1.54) is 10.8 Å². The van der Waals surface area contributed by atoms with Gasteiger partial charge in [-0.05, 0) is 23.8 Å². The van der Waals surface area contributed by atoms with Crippen LogP contribution >= 0.6 is 0 Å². The lowest BCUT2D eigenvalue weighted by molar-refractivity contribution is 0.915. The summed E-state index contributed by atoms with van der Waals surface area (Å²) < 4.78 is 4.31. The van der Waals surface area contributed by atoms with Gasteiger partial charge in [-0.25, -0.2) is 9.50 Å². The van der Waals surface area contributed by atoms with Crippen molar-refractivity contribution in [3.8, 4) is 39.5 Å². The predicted octanol–water partition coefficient (Wildman–Crippen LogP) is 8.83. The average molecular weight is 513 g/mol. The van der Waals surface area contributed by atoms with E-state index in [9.17, 15) is 0 Å². The van der Waals surface area contributed by atoms with Crippen LogP contribution in [0.2, 0.25) is 0 Å². The molecule has 4 nitrogen and oxygen atoms in total. The second-order valence-corrected chi connectivity index (χ2v) is 9.93. The number of hydrogen-bond donors (Lipinski definition) is 0. The first-order valence-corrected chi connectivity index (χ1v) is 13.5. The fourth-order valence-electron chi connectivity index (χ4n) is 5.75. The van der Waals surface area contributed by atoms with E-state index >= 15 is 0 Å². The van der Waals surface area contributed by atoms with E-state index in [0.29, 0.717) is 0 Å². The van der Waals surface area contributed by atoms with Gasteiger partial charge in [-0.1, -0.05) is 127 Å². The molecular weight excluding hydrogens is 488 g/mol. The molecule has 4 heteroatoms. The molecule has 0 aliphatic heterocycles. The predicted molar refractivity (Wildman–Crippen MR) is 164 cm³/mol. The Bertz CT molecular complexity index is 2090. The summed E-state index contributed by atoms with van der Waals surface area (Å²) in [5, 5.41) is 7.77. The Morgan fingerprint density at radius 2 is 0.975 bits per heavy atom. The van der Waals surface area contributed by atoms with Crippen molar-refractivity contribution in [2.24, 2.45) is 0 Å². The van der Waals surface area contributed by atoms with E-state index < -0.39 is 0 Å². The number of para-hydroxylation sites is 2. The number of hydrogen-bond acceptors (Lipinski definition) is 2. The van der Waals surface area contributed by atoms with Crippen molar-refractivity contribution in [2.75, 3.05) is 0 Å². The second kappa shape index (κ2) is 9.07. The molecule has 0 atom stereocenters. The second-order valence-electron chi connectivity index (χ2n) is 9.93. The molecule has 0 N–H and O–H groups in total. The molecule has 0 aliphatic rings. The van der Waals surface area contributed by atoms with Crippen molar-refractivity contribution in [2.45, 2.75) is 0 Å². The van der Waals surface area contributed by atoms with Crippen molar-refractivity contribution in [3.63, 3.8) is 0 Å². The summed E-state index contributed by atoms with van der Waals surface area (Å²) in [7, 11) is 0. The molecule has 8 aromatic rings. The van der Waals surface area contributed by atoms with Gasteiger partial charge in [-0.2, -0.15) is 0 Å². The van der Waals surface area contributed by atoms with Gasteiger partial charge in [0.2, 0.25) is 0 Å². The minimum absolute atomic E-state index is 0.822. The van der Waals surface area contributed by atoms with E-state index in [-0.39, 0.29) is 0 Å². The van der Waals surface area contributed by atoms with Crippen molar-refractivity contribution < 1.29 is 0 Å². The Labute approximate surface area is 231 Å². The summed E-state index contributed by atoms with van der Waals surface area (Å²) in [5.41, 5.74) is 9.20. The van der Waals surface area contributed by atoms with Crippen LogP contribution in [0.1, 0.15) is 0 Å². The molecule has 0 bridgehead atoms. The summed E-state index contributed by atoms with van der Waals surface area (Å²) in [6, 6.07) is 50.6. The van der Waals surface area contributed by atoms with Crippen LogP contribution in [0.5, 0.6) is 0 Å². The van der Waals surface area contributed by atoms with Gasteiger partial charge in [0.15, 0.2) is 11.5 Å². The highest BCUT2D eigenvalue weighted by atomic mass is 15.3. The van der Waals surface area contributed by atoms with E-state index in [1.54, 1.807) is 0 Å². The molecule has 0 radical (unpaired) electrons. The van der Waals surface area contributed by atoms with Crippen LogP contribution in [0, 0.1) is 0 Å². The molecule has 3 heterocycles. The number of fused-ring (bicyclic) bond motifs is 4. The molecule has 0 unspecified atom stereocenters. The normalized spacial score (nSPS) is 11.5. The SMILES string of the molecule is c1ccc(-c2cc(-c3ccccc3)n3nc(-n4c5ccccc5c5ccccc54)c(-c4ccccc4)c3n2)cc1. The van der Waals surface area contributed by atoms with Gasteiger partial charge >= 0.3 is 0 Å². The zero-order chi connectivity index (χ0) is 26.5. The Morgan fingerprint density at radius 3 is 1.57 bits per heavy atom. The topological polar surface area (TPSA) is 35.1 Å². The molecular formula is C36H24N4. The number of rotatable bonds is 4. The zero-order valence-corrected chi connectivity index (χ0v) is 21.6. The maximum absolute atomic E-state index is 5.36. The summed E-state index contributed by atoms with van der Waals surface area (Å²) in [4.78, 5) is 5.29. The Balaban J connectivity index is 1.56. The Hall–Kier alpha value is -5.48. The largest absolute Gasteiger partial charge is 0.292 e. The van der Waals surface area contributed by atoms with E-state index in [1.807, 2.05) is 22.7 Å². The van der Waals surface area contributed by atoms with Gasteiger partial charge in [0.1, 0.15) is 0 Å². The smallest absolute Gasteiger partial charge is 0.170 e. The number of aromatic nitrogens is 4. The van der Waals surface area contributed by atoms with Crippen molar-refractivity contribution in [1.29, 1.82) is 0 Å². The van der Waals surface area contributed by atoms with Crippen LogP contribution in [-0.2, 0) is 0 Å². The van der Waals surface area contributed by atoms with Crippen LogP contribution < -0.4 is 0 Å². The van der Waals surface area contributed by atoms with Crippen LogP contribution in [0.25, 0.3) is 66.9 Å². The molecule has 3 aromatic heterocycles. The maximum Gasteiger partial charge on any atom is 0.170 e. The summed E-state index contributed by atoms with van der Waals surface area (Å²) >= 11 is 0. The maximum atomic E-state index is 5.36. The molecule has 5 aromatic carbocycles. The lowest BCUT2D eigenvalue weighted by atomic mass is 10.1. The van der Waals surface area contributed by atoms with Gasteiger partial charge in [-0.15, -0.1) is 5.10 Å². The van der Waals surface area contributed by atoms with Gasteiger partial charge < -0.3 is 0 Å². The summed E-state index contributed by atoms with van der Waals surface area (Å²) in [6.07, 6.45) is 0. The van der Waals surface area contributed by atoms with Gasteiger partial charge in [-0.3, -0.25) is 4.57 Å². The third-order valence-electron chi connectivity index (χ3n) is 7.56. The van der Waals surface area contributed by atoms with E-state index in [0.717, 1.165) is 56.1 Å². The molecule has 0 saturated heterocycles. The molecule has 8 rings (SSSR count). The number of nitrogens with zero attached hydrogens (tertiary/aromatic N) is 4. The molecule has 188 valence electrons. The van der Waals surface area contributed by atoms with Crippen LogP contribution in [0.3, 0.4) is 0 Å². The minimum atomic E-state index is 0.822. The fourth-order valence-corrected chi connectivity index (χ4v) is 5.75. The third kappa shape index (κ3) is 3.47. The summed E-state index contributed by atoms with van der Waals surface area (Å²) in [5.74, 6) is 0.860. The Kier molecular flexibility index (Phi) is 5.10. The summed E-state index contributed by atoms with van der Waals surface area (Å²) in [6.45, 7) is 0. The molecule has 0 fully saturated rings. The van der Waals surface area contributed by atoms with Crippen molar-refractivity contribution >= 4 is 27.5 Å². The lowest BCUT2D eigenvalue weighted by Gasteiger charge is -2.10. The average Bonchev–Trinajstić information content (AvgIpc) is 3.57. The lowest BCUT2D eigenvalue weighted by Crippen LogP contribution is -2.00. The number of benzene rings is 5.